The van der Waals surface area contributed by atoms with Crippen LogP contribution in [0.1, 0.15) is 15.9 Å². The van der Waals surface area contributed by atoms with Gasteiger partial charge in [-0.2, -0.15) is 4.72 Å². The molecule has 0 spiro atoms. The number of carbonyl (C=O) groups is 2. The number of benzene rings is 3. The van der Waals surface area contributed by atoms with Crippen molar-refractivity contribution < 1.29 is 35.9 Å². The van der Waals surface area contributed by atoms with Gasteiger partial charge in [-0.1, -0.05) is 42.5 Å². The molecule has 0 unspecified atom stereocenters. The number of ketones is 1. The van der Waals surface area contributed by atoms with Gasteiger partial charge in [0.2, 0.25) is 15.8 Å². The molecule has 3 aromatic rings. The Labute approximate surface area is 188 Å². The largest absolute Gasteiger partial charge is 0.456 e. The highest BCUT2D eigenvalue weighted by Crippen LogP contribution is 2.16. The first-order chi connectivity index (χ1) is 15.7. The number of esters is 1. The fraction of sp³-hybridized carbons (Fsp3) is 0.130. The third-order valence-electron chi connectivity index (χ3n) is 4.57. The molecule has 10 heteroatoms. The standard InChI is InChI=1S/C23H18F3NO5S/c24-16-10-11-18(25)17(13-16)21(28)14-32-23(29)20(12-15-6-2-1-3-7-15)27-33(30,31)22-9-5-4-8-19(22)26/h1-11,13,20,27H,12,14H2/t20-/m0/s1. The van der Waals surface area contributed by atoms with Gasteiger partial charge < -0.3 is 4.74 Å². The summed E-state index contributed by atoms with van der Waals surface area (Å²) in [4.78, 5) is 24.2. The molecule has 0 heterocycles. The highest BCUT2D eigenvalue weighted by molar-refractivity contribution is 7.89. The molecule has 6 nitrogen and oxygen atoms in total. The number of nitrogens with one attached hydrogen (secondary N) is 1. The summed E-state index contributed by atoms with van der Waals surface area (Å²) in [7, 11) is -4.48. The van der Waals surface area contributed by atoms with E-state index >= 15 is 0 Å². The topological polar surface area (TPSA) is 89.5 Å². The number of carbonyl (C=O) groups excluding carboxylic acids is 2. The maximum Gasteiger partial charge on any atom is 0.324 e. The minimum Gasteiger partial charge on any atom is -0.456 e. The Bertz CT molecular complexity index is 1270. The van der Waals surface area contributed by atoms with Crippen molar-refractivity contribution in [2.75, 3.05) is 6.61 Å². The van der Waals surface area contributed by atoms with Crippen LogP contribution >= 0.6 is 0 Å². The Morgan fingerprint density at radius 3 is 2.24 bits per heavy atom. The van der Waals surface area contributed by atoms with Gasteiger partial charge in [0.05, 0.1) is 5.56 Å². The van der Waals surface area contributed by atoms with Crippen LogP contribution in [0.5, 0.6) is 0 Å². The summed E-state index contributed by atoms with van der Waals surface area (Å²) in [6.45, 7) is -0.952. The van der Waals surface area contributed by atoms with E-state index in [0.717, 1.165) is 24.3 Å². The Morgan fingerprint density at radius 1 is 0.879 bits per heavy atom. The summed E-state index contributed by atoms with van der Waals surface area (Å²) in [6.07, 6.45) is -0.171. The van der Waals surface area contributed by atoms with Crippen LogP contribution in [0.25, 0.3) is 0 Å². The van der Waals surface area contributed by atoms with Gasteiger partial charge in [-0.15, -0.1) is 0 Å². The third-order valence-corrected chi connectivity index (χ3v) is 6.07. The first kappa shape index (κ1) is 24.1. The molecule has 3 rings (SSSR count). The van der Waals surface area contributed by atoms with Crippen LogP contribution in [0.2, 0.25) is 0 Å². The van der Waals surface area contributed by atoms with Gasteiger partial charge in [0.15, 0.2) is 6.61 Å². The summed E-state index contributed by atoms with van der Waals surface area (Å²) in [5.41, 5.74) is -0.0625. The molecule has 0 aromatic heterocycles. The molecule has 0 saturated heterocycles. The number of Topliss-reactive ketones (excluding diaryl/α,β-unsaturated/α-hetero) is 1. The van der Waals surface area contributed by atoms with E-state index in [1.165, 1.54) is 12.1 Å². The van der Waals surface area contributed by atoms with E-state index in [-0.39, 0.29) is 6.42 Å². The minimum absolute atomic E-state index is 0.171. The molecule has 0 saturated carbocycles. The second kappa shape index (κ2) is 10.4. The molecular weight excluding hydrogens is 459 g/mol. The molecule has 0 aliphatic carbocycles. The normalized spacial score (nSPS) is 12.2. The van der Waals surface area contributed by atoms with Gasteiger partial charge >= 0.3 is 5.97 Å². The van der Waals surface area contributed by atoms with Crippen LogP contribution in [-0.4, -0.2) is 32.8 Å². The predicted octanol–water partition coefficient (Wildman–Crippen LogP) is 3.42. The van der Waals surface area contributed by atoms with Crippen molar-refractivity contribution in [1.82, 2.24) is 4.72 Å². The first-order valence-electron chi connectivity index (χ1n) is 9.63. The maximum atomic E-state index is 14.0. The lowest BCUT2D eigenvalue weighted by molar-refractivity contribution is -0.144. The number of hydrogen-bond acceptors (Lipinski definition) is 5. The van der Waals surface area contributed by atoms with Crippen molar-refractivity contribution in [1.29, 1.82) is 0 Å². The van der Waals surface area contributed by atoms with Crippen LogP contribution in [0.3, 0.4) is 0 Å². The maximum absolute atomic E-state index is 14.0. The number of ether oxygens (including phenoxy) is 1. The number of halogens is 3. The lowest BCUT2D eigenvalue weighted by atomic mass is 10.1. The molecule has 0 radical (unpaired) electrons. The third kappa shape index (κ3) is 6.27. The zero-order valence-electron chi connectivity index (χ0n) is 17.0. The smallest absolute Gasteiger partial charge is 0.324 e. The molecule has 1 N–H and O–H groups in total. The summed E-state index contributed by atoms with van der Waals surface area (Å²) in [5, 5.41) is 0. The molecule has 0 fully saturated rings. The van der Waals surface area contributed by atoms with E-state index in [0.29, 0.717) is 11.6 Å². The fourth-order valence-electron chi connectivity index (χ4n) is 2.96. The van der Waals surface area contributed by atoms with Gasteiger partial charge in [-0.3, -0.25) is 9.59 Å². The van der Waals surface area contributed by atoms with E-state index in [1.54, 1.807) is 30.3 Å². The molecule has 0 aliphatic heterocycles. The van der Waals surface area contributed by atoms with E-state index in [2.05, 4.69) is 4.72 Å². The molecule has 172 valence electrons. The summed E-state index contributed by atoms with van der Waals surface area (Å²) >= 11 is 0. The average Bonchev–Trinajstić information content (AvgIpc) is 2.79. The van der Waals surface area contributed by atoms with Crippen LogP contribution in [0, 0.1) is 17.5 Å². The van der Waals surface area contributed by atoms with E-state index in [1.807, 2.05) is 0 Å². The Balaban J connectivity index is 1.80. The Hall–Kier alpha value is -3.50. The molecule has 33 heavy (non-hydrogen) atoms. The van der Waals surface area contributed by atoms with Crippen LogP contribution in [0.15, 0.2) is 77.7 Å². The van der Waals surface area contributed by atoms with E-state index in [4.69, 9.17) is 4.74 Å². The van der Waals surface area contributed by atoms with Gasteiger partial charge in [0, 0.05) is 0 Å². The highest BCUT2D eigenvalue weighted by Gasteiger charge is 2.29. The van der Waals surface area contributed by atoms with Crippen LogP contribution in [0.4, 0.5) is 13.2 Å². The van der Waals surface area contributed by atoms with Crippen LogP contribution in [-0.2, 0) is 26.0 Å². The lowest BCUT2D eigenvalue weighted by Gasteiger charge is -2.18. The van der Waals surface area contributed by atoms with Gasteiger partial charge in [-0.25, -0.2) is 21.6 Å². The van der Waals surface area contributed by atoms with E-state index in [9.17, 15) is 31.2 Å². The predicted molar refractivity (Wildman–Crippen MR) is 112 cm³/mol. The second-order valence-electron chi connectivity index (χ2n) is 6.95. The number of rotatable bonds is 9. The van der Waals surface area contributed by atoms with Gasteiger partial charge in [0.25, 0.3) is 0 Å². The van der Waals surface area contributed by atoms with Crippen molar-refractivity contribution >= 4 is 21.8 Å². The summed E-state index contributed by atoms with van der Waals surface area (Å²) in [6, 6.07) is 13.6. The molecule has 1 atom stereocenters. The van der Waals surface area contributed by atoms with Crippen molar-refractivity contribution in [3.8, 4) is 0 Å². The zero-order chi connectivity index (χ0) is 24.0. The zero-order valence-corrected chi connectivity index (χ0v) is 17.8. The minimum atomic E-state index is -4.48. The lowest BCUT2D eigenvalue weighted by Crippen LogP contribution is -2.44. The van der Waals surface area contributed by atoms with Gasteiger partial charge in [0.1, 0.15) is 28.4 Å². The molecular formula is C23H18F3NO5S. The first-order valence-corrected chi connectivity index (χ1v) is 11.1. The fourth-order valence-corrected chi connectivity index (χ4v) is 4.23. The van der Waals surface area contributed by atoms with Crippen molar-refractivity contribution in [2.24, 2.45) is 0 Å². The number of sulfonamides is 1. The van der Waals surface area contributed by atoms with E-state index < -0.39 is 62.3 Å². The summed E-state index contributed by atoms with van der Waals surface area (Å²) in [5.74, 6) is -5.04. The molecule has 0 amide bonds. The number of hydrogen-bond donors (Lipinski definition) is 1. The SMILES string of the molecule is O=C(COC(=O)[C@H](Cc1ccccc1)NS(=O)(=O)c1ccccc1F)c1cc(F)ccc1F. The van der Waals surface area contributed by atoms with Crippen molar-refractivity contribution in [3.63, 3.8) is 0 Å². The van der Waals surface area contributed by atoms with Crippen molar-refractivity contribution in [2.45, 2.75) is 17.4 Å². The summed E-state index contributed by atoms with van der Waals surface area (Å²) < 4.78 is 73.5. The average molecular weight is 477 g/mol. The quantitative estimate of drug-likeness (QED) is 0.377. The Morgan fingerprint density at radius 2 is 1.55 bits per heavy atom. The molecule has 3 aromatic carbocycles. The second-order valence-corrected chi connectivity index (χ2v) is 8.63. The van der Waals surface area contributed by atoms with Crippen molar-refractivity contribution in [3.05, 3.63) is 101 Å². The van der Waals surface area contributed by atoms with Crippen LogP contribution < -0.4 is 4.72 Å². The Kier molecular flexibility index (Phi) is 7.62. The molecule has 0 bridgehead atoms. The highest BCUT2D eigenvalue weighted by atomic mass is 32.2. The van der Waals surface area contributed by atoms with Gasteiger partial charge in [-0.05, 0) is 42.3 Å². The molecule has 0 aliphatic rings. The monoisotopic (exact) mass is 477 g/mol.